The molecule has 2 aromatic heterocycles. The highest BCUT2D eigenvalue weighted by Gasteiger charge is 2.08. The molecule has 0 atom stereocenters. The van der Waals surface area contributed by atoms with Gasteiger partial charge in [0.25, 0.3) is 0 Å². The van der Waals surface area contributed by atoms with E-state index in [1.165, 1.54) is 13.3 Å². The molecule has 0 aliphatic heterocycles. The fourth-order valence-electron chi connectivity index (χ4n) is 1.50. The van der Waals surface area contributed by atoms with Crippen LogP contribution in [0.2, 0.25) is 0 Å². The Morgan fingerprint density at radius 2 is 2.35 bits per heavy atom. The van der Waals surface area contributed by atoms with Crippen LogP contribution in [0, 0.1) is 0 Å². The summed E-state index contributed by atoms with van der Waals surface area (Å²) in [4.78, 5) is 18.3. The molecule has 0 radical (unpaired) electrons. The topological polar surface area (TPSA) is 75.2 Å². The Labute approximate surface area is 98.1 Å². The molecule has 0 aromatic carbocycles. The monoisotopic (exact) mass is 232 g/mol. The minimum atomic E-state index is -0.369. The first-order valence-electron chi connectivity index (χ1n) is 5.08. The number of nitrogens with one attached hydrogen (secondary N) is 1. The summed E-state index contributed by atoms with van der Waals surface area (Å²) in [6.45, 7) is 0. The average Bonchev–Trinajstić information content (AvgIpc) is 2.80. The number of aromatic nitrogens is 2. The number of H-pyrrole nitrogens is 1. The fourth-order valence-corrected chi connectivity index (χ4v) is 1.50. The summed E-state index contributed by atoms with van der Waals surface area (Å²) >= 11 is 0. The van der Waals surface area contributed by atoms with Crippen LogP contribution in [0.3, 0.4) is 0 Å². The van der Waals surface area contributed by atoms with Crippen molar-refractivity contribution in [1.82, 2.24) is 9.97 Å². The lowest BCUT2D eigenvalue weighted by Gasteiger charge is -1.98. The maximum absolute atomic E-state index is 11.2. The summed E-state index contributed by atoms with van der Waals surface area (Å²) in [6, 6.07) is 5.03. The van der Waals surface area contributed by atoms with E-state index in [4.69, 9.17) is 5.11 Å². The van der Waals surface area contributed by atoms with Crippen molar-refractivity contribution >= 4 is 5.97 Å². The minimum Gasteiger partial charge on any atom is -0.506 e. The molecule has 0 amide bonds. The standard InChI is InChI=1S/C12H12N2O3/c1-17-12(16)8-4-10(13-6-8)5-9-2-3-11(15)7-14-9/h2-4,6-7,13,15H,5H2,1H3. The minimum absolute atomic E-state index is 0.135. The number of ether oxygens (including phenoxy) is 1. The summed E-state index contributed by atoms with van der Waals surface area (Å²) in [5.41, 5.74) is 2.16. The van der Waals surface area contributed by atoms with E-state index < -0.39 is 0 Å². The normalized spacial score (nSPS) is 10.2. The van der Waals surface area contributed by atoms with Gasteiger partial charge in [-0.1, -0.05) is 0 Å². The molecule has 2 rings (SSSR count). The van der Waals surface area contributed by atoms with Crippen LogP contribution in [0.15, 0.2) is 30.6 Å². The number of hydrogen-bond acceptors (Lipinski definition) is 4. The van der Waals surface area contributed by atoms with E-state index in [9.17, 15) is 4.79 Å². The summed E-state index contributed by atoms with van der Waals surface area (Å²) in [5, 5.41) is 9.10. The molecule has 0 bridgehead atoms. The fraction of sp³-hybridized carbons (Fsp3) is 0.167. The number of pyridine rings is 1. The van der Waals surface area contributed by atoms with E-state index >= 15 is 0 Å². The molecule has 0 saturated heterocycles. The van der Waals surface area contributed by atoms with Gasteiger partial charge in [0.1, 0.15) is 5.75 Å². The van der Waals surface area contributed by atoms with Crippen LogP contribution in [0.5, 0.6) is 5.75 Å². The van der Waals surface area contributed by atoms with Gasteiger partial charge in [0.05, 0.1) is 18.9 Å². The van der Waals surface area contributed by atoms with Gasteiger partial charge in [0, 0.05) is 24.0 Å². The van der Waals surface area contributed by atoms with Gasteiger partial charge in [0.15, 0.2) is 0 Å². The maximum atomic E-state index is 11.2. The molecule has 2 N–H and O–H groups in total. The van der Waals surface area contributed by atoms with Crippen molar-refractivity contribution in [1.29, 1.82) is 0 Å². The smallest absolute Gasteiger partial charge is 0.339 e. The summed E-state index contributed by atoms with van der Waals surface area (Å²) < 4.78 is 4.61. The van der Waals surface area contributed by atoms with Gasteiger partial charge < -0.3 is 14.8 Å². The molecule has 0 saturated carbocycles. The third-order valence-electron chi connectivity index (χ3n) is 2.34. The first-order chi connectivity index (χ1) is 8.19. The highest BCUT2D eigenvalue weighted by Crippen LogP contribution is 2.11. The molecule has 17 heavy (non-hydrogen) atoms. The second kappa shape index (κ2) is 4.69. The van der Waals surface area contributed by atoms with Crippen LogP contribution in [0.4, 0.5) is 0 Å². The van der Waals surface area contributed by atoms with Crippen LogP contribution < -0.4 is 0 Å². The molecular formula is C12H12N2O3. The highest BCUT2D eigenvalue weighted by molar-refractivity contribution is 5.89. The molecule has 5 heteroatoms. The summed E-state index contributed by atoms with van der Waals surface area (Å²) in [7, 11) is 1.34. The van der Waals surface area contributed by atoms with Crippen molar-refractivity contribution in [3.05, 3.63) is 47.5 Å². The largest absolute Gasteiger partial charge is 0.506 e. The lowest BCUT2D eigenvalue weighted by Crippen LogP contribution is -1.98. The van der Waals surface area contributed by atoms with Crippen molar-refractivity contribution in [2.75, 3.05) is 7.11 Å². The van der Waals surface area contributed by atoms with Gasteiger partial charge >= 0.3 is 5.97 Å². The molecular weight excluding hydrogens is 220 g/mol. The van der Waals surface area contributed by atoms with Crippen LogP contribution in [0.25, 0.3) is 0 Å². The molecule has 2 heterocycles. The first-order valence-corrected chi connectivity index (χ1v) is 5.08. The Morgan fingerprint density at radius 1 is 1.53 bits per heavy atom. The van der Waals surface area contributed by atoms with E-state index in [1.807, 2.05) is 0 Å². The van der Waals surface area contributed by atoms with Gasteiger partial charge in [-0.15, -0.1) is 0 Å². The van der Waals surface area contributed by atoms with E-state index in [1.54, 1.807) is 24.4 Å². The van der Waals surface area contributed by atoms with Gasteiger partial charge in [-0.05, 0) is 18.2 Å². The predicted molar refractivity (Wildman–Crippen MR) is 60.8 cm³/mol. The predicted octanol–water partition coefficient (Wildman–Crippen LogP) is 1.49. The van der Waals surface area contributed by atoms with Gasteiger partial charge in [-0.25, -0.2) is 4.79 Å². The van der Waals surface area contributed by atoms with Crippen molar-refractivity contribution in [3.63, 3.8) is 0 Å². The third-order valence-corrected chi connectivity index (χ3v) is 2.34. The Morgan fingerprint density at radius 3 is 3.00 bits per heavy atom. The Bertz CT molecular complexity index is 517. The molecule has 2 aromatic rings. The number of aromatic hydroxyl groups is 1. The molecule has 0 unspecified atom stereocenters. The quantitative estimate of drug-likeness (QED) is 0.786. The van der Waals surface area contributed by atoms with E-state index in [-0.39, 0.29) is 11.7 Å². The number of carbonyl (C=O) groups excluding carboxylic acids is 1. The van der Waals surface area contributed by atoms with Crippen molar-refractivity contribution in [2.24, 2.45) is 0 Å². The van der Waals surface area contributed by atoms with Crippen LogP contribution in [0.1, 0.15) is 21.7 Å². The van der Waals surface area contributed by atoms with Crippen LogP contribution in [-0.4, -0.2) is 28.2 Å². The van der Waals surface area contributed by atoms with Gasteiger partial charge in [0.2, 0.25) is 0 Å². The number of aromatic amines is 1. The zero-order valence-corrected chi connectivity index (χ0v) is 9.30. The van der Waals surface area contributed by atoms with Crippen molar-refractivity contribution < 1.29 is 14.6 Å². The molecule has 0 spiro atoms. The molecule has 5 nitrogen and oxygen atoms in total. The number of carbonyl (C=O) groups is 1. The van der Waals surface area contributed by atoms with Crippen molar-refractivity contribution in [3.8, 4) is 5.75 Å². The Kier molecular flexibility index (Phi) is 3.09. The molecule has 0 fully saturated rings. The third kappa shape index (κ3) is 2.63. The second-order valence-corrected chi connectivity index (χ2v) is 3.59. The lowest BCUT2D eigenvalue weighted by molar-refractivity contribution is 0.0601. The van der Waals surface area contributed by atoms with Crippen LogP contribution in [-0.2, 0) is 11.2 Å². The second-order valence-electron chi connectivity index (χ2n) is 3.59. The van der Waals surface area contributed by atoms with Gasteiger partial charge in [-0.2, -0.15) is 0 Å². The zero-order chi connectivity index (χ0) is 12.3. The van der Waals surface area contributed by atoms with E-state index in [0.29, 0.717) is 12.0 Å². The molecule has 88 valence electrons. The van der Waals surface area contributed by atoms with Crippen LogP contribution >= 0.6 is 0 Å². The van der Waals surface area contributed by atoms with Crippen molar-refractivity contribution in [2.45, 2.75) is 6.42 Å². The number of hydrogen-bond donors (Lipinski definition) is 2. The maximum Gasteiger partial charge on any atom is 0.339 e. The summed E-state index contributed by atoms with van der Waals surface area (Å²) in [6.07, 6.45) is 3.55. The van der Waals surface area contributed by atoms with Gasteiger partial charge in [-0.3, -0.25) is 4.98 Å². The SMILES string of the molecule is COC(=O)c1c[nH]c(Cc2ccc(O)cn2)c1. The number of nitrogens with zero attached hydrogens (tertiary/aromatic N) is 1. The van der Waals surface area contributed by atoms with E-state index in [0.717, 1.165) is 11.4 Å². The Balaban J connectivity index is 2.11. The molecule has 0 aliphatic carbocycles. The summed E-state index contributed by atoms with van der Waals surface area (Å²) in [5.74, 6) is -0.235. The number of methoxy groups -OCH3 is 1. The first kappa shape index (κ1) is 11.2. The van der Waals surface area contributed by atoms with E-state index in [2.05, 4.69) is 14.7 Å². The average molecular weight is 232 g/mol. The number of esters is 1. The zero-order valence-electron chi connectivity index (χ0n) is 9.30. The Hall–Kier alpha value is -2.30. The number of rotatable bonds is 3. The highest BCUT2D eigenvalue weighted by atomic mass is 16.5. The molecule has 0 aliphatic rings. The lowest BCUT2D eigenvalue weighted by atomic mass is 10.2.